The third kappa shape index (κ3) is 8.04. The van der Waals surface area contributed by atoms with Crippen molar-refractivity contribution in [3.63, 3.8) is 0 Å². The minimum absolute atomic E-state index is 0. The molecule has 178 valence electrons. The van der Waals surface area contributed by atoms with E-state index in [-0.39, 0.29) is 30.1 Å². The van der Waals surface area contributed by atoms with E-state index in [1.165, 1.54) is 12.8 Å². The van der Waals surface area contributed by atoms with Crippen molar-refractivity contribution in [1.82, 2.24) is 30.3 Å². The first-order valence-corrected chi connectivity index (χ1v) is 12.8. The molecule has 1 aromatic heterocycles. The Hall–Kier alpha value is -0.590. The molecule has 0 radical (unpaired) electrons. The van der Waals surface area contributed by atoms with Crippen molar-refractivity contribution in [3.8, 4) is 0 Å². The average molecular weight is 566 g/mol. The van der Waals surface area contributed by atoms with Crippen molar-refractivity contribution in [2.45, 2.75) is 76.6 Å². The third-order valence-electron chi connectivity index (χ3n) is 6.41. The topological polar surface area (TPSA) is 90.6 Å². The van der Waals surface area contributed by atoms with E-state index in [0.717, 1.165) is 75.1 Å². The number of nitrogens with one attached hydrogen (secondary N) is 2. The number of guanidine groups is 1. The molecule has 2 atom stereocenters. The number of aryl methyl sites for hydroxylation is 1. The summed E-state index contributed by atoms with van der Waals surface area (Å²) in [5.41, 5.74) is 0. The lowest BCUT2D eigenvalue weighted by atomic mass is 9.89. The summed E-state index contributed by atoms with van der Waals surface area (Å²) in [4.78, 5) is 7.30. The van der Waals surface area contributed by atoms with Crippen molar-refractivity contribution < 1.29 is 5.11 Å². The summed E-state index contributed by atoms with van der Waals surface area (Å²) in [6, 6.07) is 0.770. The summed E-state index contributed by atoms with van der Waals surface area (Å²) in [7, 11) is 1.98. The van der Waals surface area contributed by atoms with Crippen molar-refractivity contribution in [2.24, 2.45) is 12.0 Å². The second kappa shape index (κ2) is 13.8. The van der Waals surface area contributed by atoms with E-state index in [1.807, 2.05) is 30.3 Å². The first-order valence-electron chi connectivity index (χ1n) is 11.4. The van der Waals surface area contributed by atoms with Gasteiger partial charge in [0, 0.05) is 38.8 Å². The van der Waals surface area contributed by atoms with E-state index in [2.05, 4.69) is 32.0 Å². The molecule has 3 rings (SSSR count). The summed E-state index contributed by atoms with van der Waals surface area (Å²) >= 11 is 1.87. The molecule has 10 heteroatoms. The monoisotopic (exact) mass is 565 g/mol. The molecule has 2 unspecified atom stereocenters. The summed E-state index contributed by atoms with van der Waals surface area (Å²) < 4.78 is 1.99. The number of aliphatic imine (C=N–C) groups is 1. The zero-order chi connectivity index (χ0) is 21.3. The van der Waals surface area contributed by atoms with Crippen LogP contribution in [0.2, 0.25) is 0 Å². The second-order valence-corrected chi connectivity index (χ2v) is 9.52. The van der Waals surface area contributed by atoms with Gasteiger partial charge in [0.1, 0.15) is 12.4 Å². The number of aliphatic hydroxyl groups is 1. The van der Waals surface area contributed by atoms with Crippen LogP contribution in [0.5, 0.6) is 0 Å². The Morgan fingerprint density at radius 3 is 2.58 bits per heavy atom. The maximum Gasteiger partial charge on any atom is 0.191 e. The highest BCUT2D eigenvalue weighted by Crippen LogP contribution is 2.25. The zero-order valence-corrected chi connectivity index (χ0v) is 22.4. The van der Waals surface area contributed by atoms with E-state index < -0.39 is 0 Å². The molecule has 0 spiro atoms. The molecule has 2 aliphatic rings. The highest BCUT2D eigenvalue weighted by Gasteiger charge is 2.31. The molecule has 1 aromatic rings. The molecule has 0 amide bonds. The highest BCUT2D eigenvalue weighted by molar-refractivity contribution is 14.0. The number of thioether (sulfide) groups is 1. The van der Waals surface area contributed by atoms with Gasteiger partial charge in [-0.3, -0.25) is 4.90 Å². The Morgan fingerprint density at radius 1 is 1.19 bits per heavy atom. The number of rotatable bonds is 8. The Labute approximate surface area is 208 Å². The van der Waals surface area contributed by atoms with Crippen LogP contribution in [0.25, 0.3) is 0 Å². The van der Waals surface area contributed by atoms with Gasteiger partial charge in [0.15, 0.2) is 11.8 Å². The maximum absolute atomic E-state index is 10.4. The van der Waals surface area contributed by atoms with E-state index >= 15 is 0 Å². The maximum atomic E-state index is 10.4. The minimum Gasteiger partial charge on any atom is -0.391 e. The molecule has 0 aromatic carbocycles. The average Bonchev–Trinajstić information content (AvgIpc) is 3.08. The van der Waals surface area contributed by atoms with Gasteiger partial charge in [-0.25, -0.2) is 4.99 Å². The number of halogens is 1. The van der Waals surface area contributed by atoms with E-state index in [9.17, 15) is 5.11 Å². The number of nitrogens with zero attached hydrogens (tertiary/aromatic N) is 5. The molecule has 1 aliphatic carbocycles. The number of likely N-dealkylation sites (tertiary alicyclic amines) is 1. The van der Waals surface area contributed by atoms with Crippen molar-refractivity contribution in [1.29, 1.82) is 0 Å². The minimum atomic E-state index is -0.145. The van der Waals surface area contributed by atoms with Gasteiger partial charge in [-0.2, -0.15) is 11.8 Å². The van der Waals surface area contributed by atoms with Gasteiger partial charge in [-0.15, -0.1) is 34.2 Å². The van der Waals surface area contributed by atoms with Crippen LogP contribution >= 0.6 is 35.7 Å². The summed E-state index contributed by atoms with van der Waals surface area (Å²) in [6.07, 6.45) is 9.79. The van der Waals surface area contributed by atoms with Crippen LogP contribution in [0.15, 0.2) is 4.99 Å². The van der Waals surface area contributed by atoms with E-state index in [0.29, 0.717) is 18.6 Å². The Bertz CT molecular complexity index is 679. The van der Waals surface area contributed by atoms with Crippen LogP contribution in [0.4, 0.5) is 0 Å². The molecular weight excluding hydrogens is 525 g/mol. The summed E-state index contributed by atoms with van der Waals surface area (Å²) in [6.45, 7) is 5.47. The zero-order valence-electron chi connectivity index (χ0n) is 19.2. The number of aromatic nitrogens is 3. The fourth-order valence-electron chi connectivity index (χ4n) is 4.40. The molecule has 3 N–H and O–H groups in total. The lowest BCUT2D eigenvalue weighted by Gasteiger charge is -2.41. The van der Waals surface area contributed by atoms with Gasteiger partial charge in [0.2, 0.25) is 0 Å². The lowest BCUT2D eigenvalue weighted by Crippen LogP contribution is -2.53. The number of hydrogen-bond donors (Lipinski definition) is 3. The van der Waals surface area contributed by atoms with Crippen LogP contribution in [0.1, 0.15) is 56.6 Å². The van der Waals surface area contributed by atoms with Gasteiger partial charge in [0.05, 0.1) is 6.10 Å². The standard InChI is InChI=1S/C21H39N7OS.HI/c1-16-25-26-20(27(16)2)15-23-21(22-11-6-14-30-3)24-17-9-12-28(13-10-17)18-7-4-5-8-19(18)29;/h17-19,29H,4-15H2,1-3H3,(H2,22,23,24);1H. The predicted molar refractivity (Wildman–Crippen MR) is 139 cm³/mol. The normalized spacial score (nSPS) is 23.4. The Kier molecular flexibility index (Phi) is 11.9. The Balaban J connectivity index is 0.00000341. The highest BCUT2D eigenvalue weighted by atomic mass is 127. The van der Waals surface area contributed by atoms with Gasteiger partial charge in [-0.05, 0) is 51.0 Å². The quantitative estimate of drug-likeness (QED) is 0.193. The second-order valence-electron chi connectivity index (χ2n) is 8.53. The van der Waals surface area contributed by atoms with Crippen molar-refractivity contribution in [3.05, 3.63) is 11.6 Å². The third-order valence-corrected chi connectivity index (χ3v) is 7.11. The molecule has 2 fully saturated rings. The first-order chi connectivity index (χ1) is 14.6. The van der Waals surface area contributed by atoms with Gasteiger partial charge < -0.3 is 20.3 Å². The summed E-state index contributed by atoms with van der Waals surface area (Å²) in [5, 5.41) is 25.9. The smallest absolute Gasteiger partial charge is 0.191 e. The molecule has 31 heavy (non-hydrogen) atoms. The molecule has 1 aliphatic heterocycles. The van der Waals surface area contributed by atoms with Crippen LogP contribution in [0.3, 0.4) is 0 Å². The van der Waals surface area contributed by atoms with Crippen LogP contribution < -0.4 is 10.6 Å². The molecule has 8 nitrogen and oxygen atoms in total. The van der Waals surface area contributed by atoms with Crippen LogP contribution in [0, 0.1) is 6.92 Å². The lowest BCUT2D eigenvalue weighted by molar-refractivity contribution is 0.00810. The van der Waals surface area contributed by atoms with Gasteiger partial charge in [-0.1, -0.05) is 12.8 Å². The number of aliphatic hydroxyl groups excluding tert-OH is 1. The molecule has 1 saturated carbocycles. The molecule has 1 saturated heterocycles. The van der Waals surface area contributed by atoms with E-state index in [1.54, 1.807) is 0 Å². The fourth-order valence-corrected chi connectivity index (χ4v) is 4.83. The SMILES string of the molecule is CSCCCNC(=NCc1nnc(C)n1C)NC1CCN(C2CCCCC2O)CC1.I. The molecule has 2 heterocycles. The van der Waals surface area contributed by atoms with Gasteiger partial charge in [0.25, 0.3) is 0 Å². The van der Waals surface area contributed by atoms with Crippen molar-refractivity contribution >= 4 is 41.7 Å². The van der Waals surface area contributed by atoms with Gasteiger partial charge >= 0.3 is 0 Å². The molecule has 0 bridgehead atoms. The first kappa shape index (κ1) is 26.7. The Morgan fingerprint density at radius 2 is 1.94 bits per heavy atom. The predicted octanol–water partition coefficient (Wildman–Crippen LogP) is 2.30. The van der Waals surface area contributed by atoms with Crippen LogP contribution in [-0.4, -0.2) is 80.6 Å². The number of piperidine rings is 1. The number of hydrogen-bond acceptors (Lipinski definition) is 6. The van der Waals surface area contributed by atoms with E-state index in [4.69, 9.17) is 4.99 Å². The molecular formula is C21H40IN7OS. The van der Waals surface area contributed by atoms with Crippen LogP contribution in [-0.2, 0) is 13.6 Å². The largest absolute Gasteiger partial charge is 0.391 e. The van der Waals surface area contributed by atoms with Crippen molar-refractivity contribution in [2.75, 3.05) is 31.6 Å². The summed E-state index contributed by atoms with van der Waals surface area (Å²) in [5.74, 6) is 3.79. The fraction of sp³-hybridized carbons (Fsp3) is 0.857.